The first kappa shape index (κ1) is 22.5. The lowest BCUT2D eigenvalue weighted by Crippen LogP contribution is -2.26. The minimum absolute atomic E-state index is 0.0162. The molecule has 0 aliphatic heterocycles. The molecular formula is C21H23ClFN5O3S. The van der Waals surface area contributed by atoms with Gasteiger partial charge in [0, 0.05) is 37.1 Å². The summed E-state index contributed by atoms with van der Waals surface area (Å²) in [6, 6.07) is 5.41. The van der Waals surface area contributed by atoms with Crippen molar-refractivity contribution in [2.45, 2.75) is 49.0 Å². The van der Waals surface area contributed by atoms with E-state index < -0.39 is 20.7 Å². The fraction of sp³-hybridized carbons (Fsp3) is 0.381. The molecule has 0 bridgehead atoms. The van der Waals surface area contributed by atoms with Gasteiger partial charge in [-0.25, -0.2) is 22.8 Å². The molecule has 0 amide bonds. The molecule has 8 nitrogen and oxygen atoms in total. The highest BCUT2D eigenvalue weighted by molar-refractivity contribution is 7.92. The van der Waals surface area contributed by atoms with E-state index in [-0.39, 0.29) is 28.6 Å². The van der Waals surface area contributed by atoms with Crippen molar-refractivity contribution in [3.8, 4) is 5.75 Å². The predicted molar refractivity (Wildman–Crippen MR) is 118 cm³/mol. The van der Waals surface area contributed by atoms with E-state index in [0.29, 0.717) is 0 Å². The number of aryl methyl sites for hydroxylation is 1. The minimum Gasteiger partial charge on any atom is -0.488 e. The lowest BCUT2D eigenvalue weighted by molar-refractivity contribution is 0.157. The van der Waals surface area contributed by atoms with Crippen molar-refractivity contribution in [1.29, 1.82) is 0 Å². The van der Waals surface area contributed by atoms with Gasteiger partial charge in [0.1, 0.15) is 34.7 Å². The first-order chi connectivity index (χ1) is 15.3. The number of anilines is 1. The third-order valence-electron chi connectivity index (χ3n) is 5.57. The summed E-state index contributed by atoms with van der Waals surface area (Å²) in [4.78, 5) is 6.93. The highest BCUT2D eigenvalue weighted by atomic mass is 35.5. The Balaban J connectivity index is 1.60. The SMILES string of the molecule is Cn1nccc1[C@H]1CCCCC[C@@H]1Oc1cc(F)c(S(=O)(=O)Nc2ccncn2)cc1Cl. The summed E-state index contributed by atoms with van der Waals surface area (Å²) in [5.41, 5.74) is 1.04. The van der Waals surface area contributed by atoms with Crippen molar-refractivity contribution < 1.29 is 17.5 Å². The van der Waals surface area contributed by atoms with Crippen molar-refractivity contribution >= 4 is 27.4 Å². The Hall–Kier alpha value is -2.72. The second-order valence-corrected chi connectivity index (χ2v) is 9.75. The highest BCUT2D eigenvalue weighted by Gasteiger charge is 2.30. The zero-order valence-electron chi connectivity index (χ0n) is 17.4. The van der Waals surface area contributed by atoms with E-state index >= 15 is 0 Å². The molecule has 3 aromatic rings. The summed E-state index contributed by atoms with van der Waals surface area (Å²) in [6.07, 6.45) is 8.89. The number of rotatable bonds is 6. The first-order valence-corrected chi connectivity index (χ1v) is 12.1. The van der Waals surface area contributed by atoms with Crippen LogP contribution in [0.5, 0.6) is 5.75 Å². The summed E-state index contributed by atoms with van der Waals surface area (Å²) >= 11 is 6.35. The van der Waals surface area contributed by atoms with Crippen LogP contribution < -0.4 is 9.46 Å². The lowest BCUT2D eigenvalue weighted by atomic mass is 9.93. The Morgan fingerprint density at radius 2 is 2.00 bits per heavy atom. The van der Waals surface area contributed by atoms with E-state index in [2.05, 4.69) is 19.8 Å². The van der Waals surface area contributed by atoms with Gasteiger partial charge in [-0.15, -0.1) is 0 Å². The molecule has 0 saturated heterocycles. The average molecular weight is 480 g/mol. The van der Waals surface area contributed by atoms with Gasteiger partial charge < -0.3 is 4.74 Å². The molecule has 32 heavy (non-hydrogen) atoms. The molecule has 1 aliphatic carbocycles. The fourth-order valence-electron chi connectivity index (χ4n) is 4.01. The van der Waals surface area contributed by atoms with Crippen LogP contribution in [0.1, 0.15) is 43.7 Å². The Morgan fingerprint density at radius 1 is 1.19 bits per heavy atom. The van der Waals surface area contributed by atoms with Crippen LogP contribution in [-0.2, 0) is 17.1 Å². The molecule has 2 atom stereocenters. The molecule has 1 saturated carbocycles. The summed E-state index contributed by atoms with van der Waals surface area (Å²) in [5.74, 6) is -0.749. The third kappa shape index (κ3) is 4.86. The molecule has 0 radical (unpaired) electrons. The van der Waals surface area contributed by atoms with Gasteiger partial charge in [0.15, 0.2) is 0 Å². The smallest absolute Gasteiger partial charge is 0.266 e. The van der Waals surface area contributed by atoms with E-state index in [1.54, 1.807) is 6.20 Å². The van der Waals surface area contributed by atoms with Crippen LogP contribution in [0.15, 0.2) is 47.9 Å². The van der Waals surface area contributed by atoms with E-state index in [0.717, 1.165) is 49.9 Å². The van der Waals surface area contributed by atoms with Crippen molar-refractivity contribution in [3.63, 3.8) is 0 Å². The van der Waals surface area contributed by atoms with Gasteiger partial charge in [0.25, 0.3) is 10.0 Å². The Morgan fingerprint density at radius 3 is 2.72 bits per heavy atom. The zero-order valence-corrected chi connectivity index (χ0v) is 19.0. The molecule has 2 heterocycles. The number of aromatic nitrogens is 4. The summed E-state index contributed by atoms with van der Waals surface area (Å²) in [7, 11) is -2.36. The van der Waals surface area contributed by atoms with Crippen LogP contribution in [0.4, 0.5) is 10.2 Å². The minimum atomic E-state index is -4.24. The summed E-state index contributed by atoms with van der Waals surface area (Å²) in [5, 5.41) is 4.28. The van der Waals surface area contributed by atoms with Crippen LogP contribution in [0.2, 0.25) is 5.02 Å². The van der Waals surface area contributed by atoms with Gasteiger partial charge in [0.2, 0.25) is 0 Å². The molecule has 1 aromatic carbocycles. The topological polar surface area (TPSA) is 99.0 Å². The molecule has 1 N–H and O–H groups in total. The third-order valence-corrected chi connectivity index (χ3v) is 7.23. The number of hydrogen-bond donors (Lipinski definition) is 1. The summed E-state index contributed by atoms with van der Waals surface area (Å²) in [6.45, 7) is 0. The molecule has 4 rings (SSSR count). The second-order valence-electron chi connectivity index (χ2n) is 7.69. The fourth-order valence-corrected chi connectivity index (χ4v) is 5.38. The standard InChI is InChI=1S/C21H23ClFN5O3S/c1-28-17(7-10-26-28)14-5-3-2-4-6-18(14)31-19-12-16(23)20(11-15(19)22)32(29,30)27-21-8-9-24-13-25-21/h7-14,18H,2-6H2,1H3,(H,24,25,27)/t14-,18+/m1/s1. The van der Waals surface area contributed by atoms with Crippen LogP contribution in [0.25, 0.3) is 0 Å². The first-order valence-electron chi connectivity index (χ1n) is 10.3. The Bertz CT molecular complexity index is 1190. The summed E-state index contributed by atoms with van der Waals surface area (Å²) < 4.78 is 50.4. The molecule has 0 unspecified atom stereocenters. The van der Waals surface area contributed by atoms with Crippen LogP contribution in [0.3, 0.4) is 0 Å². The van der Waals surface area contributed by atoms with E-state index in [1.165, 1.54) is 18.6 Å². The predicted octanol–water partition coefficient (Wildman–Crippen LogP) is 4.30. The highest BCUT2D eigenvalue weighted by Crippen LogP contribution is 2.38. The monoisotopic (exact) mass is 479 g/mol. The molecule has 170 valence electrons. The number of nitrogens with zero attached hydrogens (tertiary/aromatic N) is 4. The van der Waals surface area contributed by atoms with Gasteiger partial charge in [0.05, 0.1) is 5.02 Å². The molecule has 1 fully saturated rings. The molecule has 0 spiro atoms. The number of sulfonamides is 1. The Labute approximate surface area is 190 Å². The number of nitrogens with one attached hydrogen (secondary N) is 1. The molecule has 1 aliphatic rings. The quantitative estimate of drug-likeness (QED) is 0.529. The van der Waals surface area contributed by atoms with Gasteiger partial charge >= 0.3 is 0 Å². The number of hydrogen-bond acceptors (Lipinski definition) is 6. The molecule has 11 heteroatoms. The maximum Gasteiger partial charge on any atom is 0.266 e. The average Bonchev–Trinajstić information content (AvgIpc) is 3.04. The van der Waals surface area contributed by atoms with E-state index in [9.17, 15) is 12.8 Å². The number of halogens is 2. The molecular weight excluding hydrogens is 457 g/mol. The Kier molecular flexibility index (Phi) is 6.61. The van der Waals surface area contributed by atoms with Crippen molar-refractivity contribution in [2.24, 2.45) is 7.05 Å². The lowest BCUT2D eigenvalue weighted by Gasteiger charge is -2.27. The van der Waals surface area contributed by atoms with Crippen LogP contribution in [-0.4, -0.2) is 34.3 Å². The van der Waals surface area contributed by atoms with Crippen LogP contribution in [0, 0.1) is 5.82 Å². The second kappa shape index (κ2) is 9.41. The number of benzene rings is 1. The van der Waals surface area contributed by atoms with Gasteiger partial charge in [-0.05, 0) is 37.5 Å². The van der Waals surface area contributed by atoms with Crippen LogP contribution >= 0.6 is 11.6 Å². The van der Waals surface area contributed by atoms with Crippen molar-refractivity contribution in [1.82, 2.24) is 19.7 Å². The van der Waals surface area contributed by atoms with E-state index in [4.69, 9.17) is 16.3 Å². The molecule has 2 aromatic heterocycles. The van der Waals surface area contributed by atoms with Gasteiger partial charge in [-0.1, -0.05) is 24.4 Å². The number of ether oxygens (including phenoxy) is 1. The van der Waals surface area contributed by atoms with E-state index in [1.807, 2.05) is 17.8 Å². The van der Waals surface area contributed by atoms with Gasteiger partial charge in [-0.2, -0.15) is 5.10 Å². The van der Waals surface area contributed by atoms with Crippen molar-refractivity contribution in [2.75, 3.05) is 4.72 Å². The maximum absolute atomic E-state index is 14.9. The largest absolute Gasteiger partial charge is 0.488 e. The van der Waals surface area contributed by atoms with Crippen molar-refractivity contribution in [3.05, 3.63) is 59.5 Å². The normalized spacial score (nSPS) is 19.3. The zero-order chi connectivity index (χ0) is 22.7. The maximum atomic E-state index is 14.9. The van der Waals surface area contributed by atoms with Gasteiger partial charge in [-0.3, -0.25) is 9.40 Å².